The predicted molar refractivity (Wildman–Crippen MR) is 46.2 cm³/mol. The smallest absolute Gasteiger partial charge is 0.287 e. The summed E-state index contributed by atoms with van der Waals surface area (Å²) >= 11 is 0. The molecule has 2 saturated carbocycles. The molecule has 2 fully saturated rings. The lowest BCUT2D eigenvalue weighted by atomic mass is 9.93. The summed E-state index contributed by atoms with van der Waals surface area (Å²) in [5.74, 6) is 1.12. The Morgan fingerprint density at radius 2 is 2.62 bits per heavy atom. The van der Waals surface area contributed by atoms with Crippen LogP contribution in [0.15, 0.2) is 22.8 Å². The third kappa shape index (κ3) is 0.930. The van der Waals surface area contributed by atoms with Gasteiger partial charge in [-0.15, -0.1) is 0 Å². The summed E-state index contributed by atoms with van der Waals surface area (Å²) in [6, 6.07) is 3.43. The van der Waals surface area contributed by atoms with Gasteiger partial charge in [0.15, 0.2) is 5.76 Å². The highest BCUT2D eigenvalue weighted by Crippen LogP contribution is 2.59. The minimum Gasteiger partial charge on any atom is -0.459 e. The lowest BCUT2D eigenvalue weighted by Crippen LogP contribution is -2.42. The summed E-state index contributed by atoms with van der Waals surface area (Å²) in [6.07, 6.45) is 5.11. The number of fused-ring (bicyclic) bond motifs is 1. The van der Waals surface area contributed by atoms with Crippen LogP contribution in [0.3, 0.4) is 0 Å². The van der Waals surface area contributed by atoms with Crippen molar-refractivity contribution < 1.29 is 9.21 Å². The second-order valence-corrected chi connectivity index (χ2v) is 4.03. The largest absolute Gasteiger partial charge is 0.459 e. The van der Waals surface area contributed by atoms with E-state index in [9.17, 15) is 4.79 Å². The van der Waals surface area contributed by atoms with Gasteiger partial charge < -0.3 is 9.73 Å². The van der Waals surface area contributed by atoms with Crippen LogP contribution in [0.25, 0.3) is 0 Å². The Bertz CT molecular complexity index is 340. The highest BCUT2D eigenvalue weighted by molar-refractivity contribution is 5.92. The van der Waals surface area contributed by atoms with E-state index in [2.05, 4.69) is 5.32 Å². The minimum atomic E-state index is -0.0628. The zero-order valence-electron chi connectivity index (χ0n) is 7.25. The summed E-state index contributed by atoms with van der Waals surface area (Å²) in [5.41, 5.74) is 0.171. The van der Waals surface area contributed by atoms with E-state index < -0.39 is 0 Å². The van der Waals surface area contributed by atoms with Crippen LogP contribution in [0.1, 0.15) is 29.8 Å². The zero-order valence-corrected chi connectivity index (χ0v) is 7.25. The van der Waals surface area contributed by atoms with E-state index in [4.69, 9.17) is 4.42 Å². The summed E-state index contributed by atoms with van der Waals surface area (Å²) < 4.78 is 5.02. The van der Waals surface area contributed by atoms with Gasteiger partial charge in [0.25, 0.3) is 5.91 Å². The van der Waals surface area contributed by atoms with Gasteiger partial charge in [0, 0.05) is 5.54 Å². The molecule has 0 radical (unpaired) electrons. The fraction of sp³-hybridized carbons (Fsp3) is 0.500. The first-order valence-electron chi connectivity index (χ1n) is 4.66. The summed E-state index contributed by atoms with van der Waals surface area (Å²) in [4.78, 5) is 11.5. The molecule has 3 nitrogen and oxygen atoms in total. The van der Waals surface area contributed by atoms with Crippen molar-refractivity contribution in [2.75, 3.05) is 0 Å². The van der Waals surface area contributed by atoms with Gasteiger partial charge in [-0.05, 0) is 37.3 Å². The molecule has 1 N–H and O–H groups in total. The SMILES string of the molecule is O=C(NC12CCC1C2)c1ccco1. The van der Waals surface area contributed by atoms with Crippen molar-refractivity contribution in [1.29, 1.82) is 0 Å². The molecule has 13 heavy (non-hydrogen) atoms. The Kier molecular flexibility index (Phi) is 1.19. The minimum absolute atomic E-state index is 0.0628. The van der Waals surface area contributed by atoms with Gasteiger partial charge in [0.05, 0.1) is 6.26 Å². The maximum atomic E-state index is 11.5. The Morgan fingerprint density at radius 1 is 1.69 bits per heavy atom. The molecule has 2 aliphatic rings. The van der Waals surface area contributed by atoms with Gasteiger partial charge in [-0.3, -0.25) is 4.79 Å². The van der Waals surface area contributed by atoms with Crippen LogP contribution in [0.4, 0.5) is 0 Å². The van der Waals surface area contributed by atoms with E-state index in [0.717, 1.165) is 12.3 Å². The van der Waals surface area contributed by atoms with E-state index in [1.807, 2.05) is 0 Å². The molecule has 0 saturated heterocycles. The van der Waals surface area contributed by atoms with Gasteiger partial charge in [-0.25, -0.2) is 0 Å². The van der Waals surface area contributed by atoms with E-state index in [1.54, 1.807) is 12.1 Å². The number of amides is 1. The average molecular weight is 177 g/mol. The van der Waals surface area contributed by atoms with Crippen LogP contribution >= 0.6 is 0 Å². The van der Waals surface area contributed by atoms with Crippen LogP contribution in [-0.4, -0.2) is 11.4 Å². The number of carbonyl (C=O) groups excluding carboxylic acids is 1. The summed E-state index contributed by atoms with van der Waals surface area (Å²) in [7, 11) is 0. The second kappa shape index (κ2) is 2.16. The average Bonchev–Trinajstić information content (AvgIpc) is 2.64. The molecule has 0 aliphatic heterocycles. The number of hydrogen-bond donors (Lipinski definition) is 1. The molecule has 0 bridgehead atoms. The molecule has 1 amide bonds. The van der Waals surface area contributed by atoms with Crippen molar-refractivity contribution in [2.45, 2.75) is 24.8 Å². The first-order chi connectivity index (χ1) is 6.30. The van der Waals surface area contributed by atoms with Crippen LogP contribution in [0.5, 0.6) is 0 Å². The third-order valence-electron chi connectivity index (χ3n) is 3.28. The lowest BCUT2D eigenvalue weighted by Gasteiger charge is -2.25. The first-order valence-corrected chi connectivity index (χ1v) is 4.66. The van der Waals surface area contributed by atoms with E-state index in [-0.39, 0.29) is 11.4 Å². The monoisotopic (exact) mass is 177 g/mol. The van der Waals surface area contributed by atoms with Crippen molar-refractivity contribution >= 4 is 5.91 Å². The van der Waals surface area contributed by atoms with Crippen molar-refractivity contribution in [2.24, 2.45) is 5.92 Å². The highest BCUT2D eigenvalue weighted by Gasteiger charge is 2.62. The van der Waals surface area contributed by atoms with Crippen LogP contribution in [-0.2, 0) is 0 Å². The fourth-order valence-electron chi connectivity index (χ4n) is 2.19. The number of nitrogens with one attached hydrogen (secondary N) is 1. The van der Waals surface area contributed by atoms with E-state index in [0.29, 0.717) is 5.76 Å². The Hall–Kier alpha value is -1.25. The Labute approximate surface area is 76.1 Å². The van der Waals surface area contributed by atoms with Crippen molar-refractivity contribution in [3.63, 3.8) is 0 Å². The normalized spacial score (nSPS) is 34.6. The molecular weight excluding hydrogens is 166 g/mol. The van der Waals surface area contributed by atoms with Crippen molar-refractivity contribution in [3.8, 4) is 0 Å². The lowest BCUT2D eigenvalue weighted by molar-refractivity contribution is 0.0879. The zero-order chi connectivity index (χ0) is 8.89. The molecule has 3 heteroatoms. The Morgan fingerprint density at radius 3 is 3.08 bits per heavy atom. The third-order valence-corrected chi connectivity index (χ3v) is 3.28. The predicted octanol–water partition coefficient (Wildman–Crippen LogP) is 1.56. The molecule has 3 rings (SSSR count). The number of furan rings is 1. The van der Waals surface area contributed by atoms with Crippen LogP contribution < -0.4 is 5.32 Å². The maximum Gasteiger partial charge on any atom is 0.287 e. The summed E-state index contributed by atoms with van der Waals surface area (Å²) in [5, 5.41) is 3.04. The fourth-order valence-corrected chi connectivity index (χ4v) is 2.19. The van der Waals surface area contributed by atoms with Gasteiger partial charge >= 0.3 is 0 Å². The van der Waals surface area contributed by atoms with Gasteiger partial charge in [-0.2, -0.15) is 0 Å². The van der Waals surface area contributed by atoms with Crippen molar-refractivity contribution in [1.82, 2.24) is 5.32 Å². The molecule has 2 atom stereocenters. The Balaban J connectivity index is 1.71. The van der Waals surface area contributed by atoms with Gasteiger partial charge in [-0.1, -0.05) is 0 Å². The highest BCUT2D eigenvalue weighted by atomic mass is 16.3. The molecular formula is C10H11NO2. The molecule has 1 aromatic heterocycles. The molecule has 0 aromatic carbocycles. The van der Waals surface area contributed by atoms with Crippen LogP contribution in [0.2, 0.25) is 0 Å². The van der Waals surface area contributed by atoms with Gasteiger partial charge in [0.2, 0.25) is 0 Å². The topological polar surface area (TPSA) is 42.2 Å². The molecule has 2 unspecified atom stereocenters. The molecule has 1 heterocycles. The molecule has 68 valence electrons. The first kappa shape index (κ1) is 7.18. The number of hydrogen-bond acceptors (Lipinski definition) is 2. The van der Waals surface area contributed by atoms with Crippen LogP contribution in [0, 0.1) is 5.92 Å². The van der Waals surface area contributed by atoms with E-state index >= 15 is 0 Å². The quantitative estimate of drug-likeness (QED) is 0.744. The second-order valence-electron chi connectivity index (χ2n) is 4.03. The van der Waals surface area contributed by atoms with Gasteiger partial charge in [0.1, 0.15) is 0 Å². The van der Waals surface area contributed by atoms with E-state index in [1.165, 1.54) is 19.1 Å². The standard InChI is InChI=1S/C10H11NO2/c12-9(8-2-1-5-13-8)11-10-4-3-7(10)6-10/h1-2,5,7H,3-4,6H2,(H,11,12). The molecule has 2 aliphatic carbocycles. The number of rotatable bonds is 2. The number of carbonyl (C=O) groups is 1. The molecule has 0 spiro atoms. The molecule has 1 aromatic rings. The van der Waals surface area contributed by atoms with Crippen molar-refractivity contribution in [3.05, 3.63) is 24.2 Å². The summed E-state index contributed by atoms with van der Waals surface area (Å²) in [6.45, 7) is 0. The maximum absolute atomic E-state index is 11.5.